The zero-order chi connectivity index (χ0) is 17.9. The van der Waals surface area contributed by atoms with Crippen molar-refractivity contribution in [3.63, 3.8) is 0 Å². The molecule has 136 valence electrons. The predicted octanol–water partition coefficient (Wildman–Crippen LogP) is 2.01. The van der Waals surface area contributed by atoms with Gasteiger partial charge in [0.15, 0.2) is 0 Å². The fourth-order valence-electron chi connectivity index (χ4n) is 2.74. The summed E-state index contributed by atoms with van der Waals surface area (Å²) in [5.74, 6) is 1.48. The summed E-state index contributed by atoms with van der Waals surface area (Å²) in [6.45, 7) is 4.37. The van der Waals surface area contributed by atoms with Gasteiger partial charge in [-0.05, 0) is 30.7 Å². The van der Waals surface area contributed by atoms with Gasteiger partial charge in [-0.1, -0.05) is 6.92 Å². The molecule has 0 aliphatic carbocycles. The summed E-state index contributed by atoms with van der Waals surface area (Å²) in [5, 5.41) is 0.876. The summed E-state index contributed by atoms with van der Waals surface area (Å²) in [5.41, 5.74) is 0. The zero-order valence-corrected chi connectivity index (χ0v) is 16.0. The number of aryl methyl sites for hydroxylation is 1. The summed E-state index contributed by atoms with van der Waals surface area (Å²) < 4.78 is 36.7. The molecule has 0 saturated carbocycles. The smallest absolute Gasteiger partial charge is 0.243 e. The maximum Gasteiger partial charge on any atom is 0.243 e. The third kappa shape index (κ3) is 3.94. The Morgan fingerprint density at radius 3 is 2.56 bits per heavy atom. The summed E-state index contributed by atoms with van der Waals surface area (Å²) >= 11 is 1.38. The predicted molar refractivity (Wildman–Crippen MR) is 97.9 cm³/mol. The van der Waals surface area contributed by atoms with Crippen LogP contribution in [-0.2, 0) is 16.4 Å². The van der Waals surface area contributed by atoms with E-state index >= 15 is 0 Å². The highest BCUT2D eigenvalue weighted by Crippen LogP contribution is 2.23. The second-order valence-corrected chi connectivity index (χ2v) is 8.44. The van der Waals surface area contributed by atoms with Crippen molar-refractivity contribution in [2.45, 2.75) is 24.7 Å². The van der Waals surface area contributed by atoms with Crippen molar-refractivity contribution in [3.05, 3.63) is 30.1 Å². The second kappa shape index (κ2) is 7.67. The lowest BCUT2D eigenvalue weighted by atomic mass is 10.3. The molecule has 0 radical (unpaired) electrons. The van der Waals surface area contributed by atoms with Crippen molar-refractivity contribution >= 4 is 26.7 Å². The van der Waals surface area contributed by atoms with Crippen LogP contribution in [0.2, 0.25) is 0 Å². The Labute approximate surface area is 152 Å². The SMILES string of the molecule is CCc1nsc(N2CCCN(S(=O)(=O)c3ccc(OC)cc3)CC2)n1. The highest BCUT2D eigenvalue weighted by molar-refractivity contribution is 7.89. The number of aromatic nitrogens is 2. The monoisotopic (exact) mass is 382 g/mol. The standard InChI is InChI=1S/C16H22N4O3S2/c1-3-15-17-16(24-18-15)19-9-4-10-20(12-11-19)25(21,22)14-7-5-13(23-2)6-8-14/h5-8H,3-4,9-12H2,1-2H3. The summed E-state index contributed by atoms with van der Waals surface area (Å²) in [7, 11) is -1.94. The van der Waals surface area contributed by atoms with Gasteiger partial charge in [-0.2, -0.15) is 8.68 Å². The van der Waals surface area contributed by atoms with Gasteiger partial charge < -0.3 is 9.64 Å². The quantitative estimate of drug-likeness (QED) is 0.787. The van der Waals surface area contributed by atoms with Gasteiger partial charge in [0.25, 0.3) is 0 Å². The van der Waals surface area contributed by atoms with Gasteiger partial charge in [-0.3, -0.25) is 0 Å². The van der Waals surface area contributed by atoms with Crippen LogP contribution >= 0.6 is 11.5 Å². The Balaban J connectivity index is 1.72. The Bertz CT molecular complexity index is 805. The van der Waals surface area contributed by atoms with Gasteiger partial charge in [0.05, 0.1) is 12.0 Å². The number of hydrogen-bond acceptors (Lipinski definition) is 7. The number of rotatable bonds is 5. The van der Waals surface area contributed by atoms with E-state index in [2.05, 4.69) is 14.3 Å². The van der Waals surface area contributed by atoms with E-state index in [0.29, 0.717) is 30.3 Å². The van der Waals surface area contributed by atoms with Crippen molar-refractivity contribution in [1.82, 2.24) is 13.7 Å². The lowest BCUT2D eigenvalue weighted by Gasteiger charge is -2.21. The van der Waals surface area contributed by atoms with Crippen LogP contribution in [0.3, 0.4) is 0 Å². The van der Waals surface area contributed by atoms with E-state index in [1.807, 2.05) is 6.92 Å². The molecular weight excluding hydrogens is 360 g/mol. The van der Waals surface area contributed by atoms with E-state index < -0.39 is 10.0 Å². The number of nitrogens with zero attached hydrogens (tertiary/aromatic N) is 4. The van der Waals surface area contributed by atoms with Crippen molar-refractivity contribution in [2.24, 2.45) is 0 Å². The lowest BCUT2D eigenvalue weighted by Crippen LogP contribution is -2.35. The maximum absolute atomic E-state index is 12.9. The van der Waals surface area contributed by atoms with Crippen LogP contribution < -0.4 is 9.64 Å². The molecule has 25 heavy (non-hydrogen) atoms. The number of ether oxygens (including phenoxy) is 1. The average molecular weight is 383 g/mol. The number of hydrogen-bond donors (Lipinski definition) is 0. The minimum absolute atomic E-state index is 0.297. The van der Waals surface area contributed by atoms with Crippen molar-refractivity contribution in [3.8, 4) is 5.75 Å². The van der Waals surface area contributed by atoms with E-state index in [-0.39, 0.29) is 0 Å². The first kappa shape index (κ1) is 18.1. The van der Waals surface area contributed by atoms with Crippen molar-refractivity contribution in [1.29, 1.82) is 0 Å². The maximum atomic E-state index is 12.9. The largest absolute Gasteiger partial charge is 0.497 e. The summed E-state index contributed by atoms with van der Waals surface area (Å²) in [4.78, 5) is 6.93. The number of anilines is 1. The van der Waals surface area contributed by atoms with Gasteiger partial charge in [0, 0.05) is 44.1 Å². The molecule has 3 rings (SSSR count). The zero-order valence-electron chi connectivity index (χ0n) is 14.4. The van der Waals surface area contributed by atoms with Crippen LogP contribution in [0, 0.1) is 0 Å². The lowest BCUT2D eigenvalue weighted by molar-refractivity contribution is 0.413. The third-order valence-electron chi connectivity index (χ3n) is 4.20. The fraction of sp³-hybridized carbons (Fsp3) is 0.500. The van der Waals surface area contributed by atoms with Crippen LogP contribution in [0.25, 0.3) is 0 Å². The van der Waals surface area contributed by atoms with E-state index in [1.54, 1.807) is 35.7 Å². The molecule has 7 nitrogen and oxygen atoms in total. The molecule has 2 heterocycles. The Kier molecular flexibility index (Phi) is 5.55. The van der Waals surface area contributed by atoms with Crippen LogP contribution in [0.5, 0.6) is 5.75 Å². The Morgan fingerprint density at radius 1 is 1.16 bits per heavy atom. The van der Waals surface area contributed by atoms with Crippen molar-refractivity contribution in [2.75, 3.05) is 38.2 Å². The molecule has 0 N–H and O–H groups in total. The highest BCUT2D eigenvalue weighted by atomic mass is 32.2. The molecule has 0 unspecified atom stereocenters. The van der Waals surface area contributed by atoms with Crippen LogP contribution in [0.1, 0.15) is 19.2 Å². The first-order valence-corrected chi connectivity index (χ1v) is 10.5. The van der Waals surface area contributed by atoms with Gasteiger partial charge in [0.1, 0.15) is 11.6 Å². The molecule has 1 aromatic carbocycles. The Hall–Kier alpha value is -1.71. The normalized spacial score (nSPS) is 16.6. The van der Waals surface area contributed by atoms with Crippen molar-refractivity contribution < 1.29 is 13.2 Å². The van der Waals surface area contributed by atoms with Crippen LogP contribution in [-0.4, -0.2) is 55.4 Å². The molecule has 0 bridgehead atoms. The summed E-state index contributed by atoms with van der Waals surface area (Å²) in [6, 6.07) is 6.53. The van der Waals surface area contributed by atoms with Crippen LogP contribution in [0.4, 0.5) is 5.13 Å². The molecule has 1 aromatic heterocycles. The van der Waals surface area contributed by atoms with Gasteiger partial charge >= 0.3 is 0 Å². The Morgan fingerprint density at radius 2 is 1.92 bits per heavy atom. The molecule has 1 saturated heterocycles. The van der Waals surface area contributed by atoms with E-state index in [9.17, 15) is 8.42 Å². The highest BCUT2D eigenvalue weighted by Gasteiger charge is 2.27. The molecular formula is C16H22N4O3S2. The second-order valence-electron chi connectivity index (χ2n) is 5.77. The summed E-state index contributed by atoms with van der Waals surface area (Å²) in [6.07, 6.45) is 1.57. The average Bonchev–Trinajstić information content (AvgIpc) is 2.97. The fourth-order valence-corrected chi connectivity index (χ4v) is 5.01. The van der Waals surface area contributed by atoms with Gasteiger partial charge in [-0.25, -0.2) is 13.4 Å². The molecule has 1 aliphatic rings. The minimum atomic E-state index is -3.50. The molecule has 2 aromatic rings. The van der Waals surface area contributed by atoms with Crippen LogP contribution in [0.15, 0.2) is 29.2 Å². The topological polar surface area (TPSA) is 75.6 Å². The molecule has 9 heteroatoms. The third-order valence-corrected chi connectivity index (χ3v) is 6.92. The first-order valence-electron chi connectivity index (χ1n) is 8.26. The molecule has 0 spiro atoms. The molecule has 1 aliphatic heterocycles. The van der Waals surface area contributed by atoms with Gasteiger partial charge in [0.2, 0.25) is 15.2 Å². The van der Waals surface area contributed by atoms with E-state index in [0.717, 1.165) is 30.3 Å². The number of methoxy groups -OCH3 is 1. The number of sulfonamides is 1. The van der Waals surface area contributed by atoms with E-state index in [1.165, 1.54) is 11.5 Å². The molecule has 0 atom stereocenters. The van der Waals surface area contributed by atoms with E-state index in [4.69, 9.17) is 4.74 Å². The number of benzene rings is 1. The molecule has 0 amide bonds. The molecule has 1 fully saturated rings. The minimum Gasteiger partial charge on any atom is -0.497 e. The first-order chi connectivity index (χ1) is 12.0. The van der Waals surface area contributed by atoms with Gasteiger partial charge in [-0.15, -0.1) is 0 Å².